The molecule has 0 spiro atoms. The van der Waals surface area contributed by atoms with Gasteiger partial charge in [0, 0.05) is 30.3 Å². The molecule has 0 aliphatic carbocycles. The first-order valence-electron chi connectivity index (χ1n) is 8.11. The summed E-state index contributed by atoms with van der Waals surface area (Å²) in [5, 5.41) is 7.62. The standard InChI is InChI=1S/C19H22ClN3O2/c1-12(2)11-23-19(20)17(13(3)22-23)8-9-18(25)15-6-5-7-16(10-15)21-14(4)24/h5-10,12H,11H2,1-4H3,(H,21,24)/b9-8+. The minimum Gasteiger partial charge on any atom is -0.326 e. The van der Waals surface area contributed by atoms with Gasteiger partial charge in [-0.1, -0.05) is 37.6 Å². The van der Waals surface area contributed by atoms with Crippen molar-refractivity contribution in [3.8, 4) is 0 Å². The average Bonchev–Trinajstić information content (AvgIpc) is 2.78. The summed E-state index contributed by atoms with van der Waals surface area (Å²) in [5.41, 5.74) is 2.60. The zero-order chi connectivity index (χ0) is 18.6. The number of allylic oxidation sites excluding steroid dienone is 1. The van der Waals surface area contributed by atoms with Crippen LogP contribution < -0.4 is 5.32 Å². The first kappa shape index (κ1) is 18.9. The van der Waals surface area contributed by atoms with Crippen molar-refractivity contribution in [1.29, 1.82) is 0 Å². The molecule has 132 valence electrons. The number of nitrogens with zero attached hydrogens (tertiary/aromatic N) is 2. The number of aryl methyl sites for hydroxylation is 1. The molecule has 0 atom stereocenters. The van der Waals surface area contributed by atoms with Gasteiger partial charge in [-0.15, -0.1) is 0 Å². The molecule has 1 heterocycles. The summed E-state index contributed by atoms with van der Waals surface area (Å²) >= 11 is 6.38. The molecular formula is C19H22ClN3O2. The van der Waals surface area contributed by atoms with Crippen molar-refractivity contribution in [3.05, 3.63) is 52.3 Å². The lowest BCUT2D eigenvalue weighted by Gasteiger charge is -2.05. The molecule has 5 nitrogen and oxygen atoms in total. The largest absolute Gasteiger partial charge is 0.326 e. The number of carbonyl (C=O) groups excluding carboxylic acids is 2. The van der Waals surface area contributed by atoms with Gasteiger partial charge in [-0.3, -0.25) is 14.3 Å². The Morgan fingerprint density at radius 2 is 2.08 bits per heavy atom. The Morgan fingerprint density at radius 3 is 2.72 bits per heavy atom. The van der Waals surface area contributed by atoms with E-state index >= 15 is 0 Å². The van der Waals surface area contributed by atoms with Gasteiger partial charge in [-0.2, -0.15) is 5.10 Å². The predicted octanol–water partition coefficient (Wildman–Crippen LogP) is 4.36. The van der Waals surface area contributed by atoms with Gasteiger partial charge in [-0.25, -0.2) is 0 Å². The number of anilines is 1. The third kappa shape index (κ3) is 5.03. The van der Waals surface area contributed by atoms with Crippen LogP contribution >= 0.6 is 11.6 Å². The highest BCUT2D eigenvalue weighted by molar-refractivity contribution is 6.31. The van der Waals surface area contributed by atoms with Gasteiger partial charge in [0.05, 0.1) is 5.69 Å². The van der Waals surface area contributed by atoms with E-state index in [1.807, 2.05) is 6.92 Å². The summed E-state index contributed by atoms with van der Waals surface area (Å²) < 4.78 is 1.75. The van der Waals surface area contributed by atoms with Crippen molar-refractivity contribution in [1.82, 2.24) is 9.78 Å². The van der Waals surface area contributed by atoms with Crippen molar-refractivity contribution >= 4 is 35.1 Å². The highest BCUT2D eigenvalue weighted by Crippen LogP contribution is 2.22. The Labute approximate surface area is 152 Å². The number of amides is 1. The maximum absolute atomic E-state index is 12.4. The van der Waals surface area contributed by atoms with E-state index in [1.165, 1.54) is 13.0 Å². The van der Waals surface area contributed by atoms with Gasteiger partial charge in [0.1, 0.15) is 5.15 Å². The fourth-order valence-electron chi connectivity index (χ4n) is 2.43. The van der Waals surface area contributed by atoms with E-state index in [2.05, 4.69) is 24.3 Å². The number of rotatable bonds is 6. The molecule has 0 saturated heterocycles. The van der Waals surface area contributed by atoms with Gasteiger partial charge in [-0.05, 0) is 37.1 Å². The molecular weight excluding hydrogens is 338 g/mol. The van der Waals surface area contributed by atoms with Crippen molar-refractivity contribution in [2.75, 3.05) is 5.32 Å². The van der Waals surface area contributed by atoms with Gasteiger partial charge in [0.2, 0.25) is 5.91 Å². The Kier molecular flexibility index (Phi) is 6.15. The van der Waals surface area contributed by atoms with Crippen LogP contribution in [0.15, 0.2) is 30.3 Å². The van der Waals surface area contributed by atoms with Crippen LogP contribution in [0.4, 0.5) is 5.69 Å². The monoisotopic (exact) mass is 359 g/mol. The minimum absolute atomic E-state index is 0.167. The number of ketones is 1. The lowest BCUT2D eigenvalue weighted by Crippen LogP contribution is -2.06. The van der Waals surface area contributed by atoms with E-state index in [0.29, 0.717) is 22.3 Å². The van der Waals surface area contributed by atoms with Gasteiger partial charge >= 0.3 is 0 Å². The fourth-order valence-corrected chi connectivity index (χ4v) is 2.74. The maximum Gasteiger partial charge on any atom is 0.221 e. The lowest BCUT2D eigenvalue weighted by atomic mass is 10.1. The van der Waals surface area contributed by atoms with E-state index in [1.54, 1.807) is 35.0 Å². The van der Waals surface area contributed by atoms with E-state index in [4.69, 9.17) is 11.6 Å². The summed E-state index contributed by atoms with van der Waals surface area (Å²) in [7, 11) is 0. The van der Waals surface area contributed by atoms with Crippen LogP contribution in [0.5, 0.6) is 0 Å². The Balaban J connectivity index is 2.21. The summed E-state index contributed by atoms with van der Waals surface area (Å²) in [4.78, 5) is 23.5. The summed E-state index contributed by atoms with van der Waals surface area (Å²) in [6.45, 7) is 8.20. The molecule has 6 heteroatoms. The van der Waals surface area contributed by atoms with Crippen LogP contribution in [0.25, 0.3) is 6.08 Å². The summed E-state index contributed by atoms with van der Waals surface area (Å²) in [5.74, 6) is 0.0752. The quantitative estimate of drug-likeness (QED) is 0.615. The van der Waals surface area contributed by atoms with Crippen molar-refractivity contribution in [3.63, 3.8) is 0 Å². The van der Waals surface area contributed by atoms with Crippen LogP contribution in [0, 0.1) is 12.8 Å². The molecule has 0 radical (unpaired) electrons. The number of halogens is 1. The number of hydrogen-bond donors (Lipinski definition) is 1. The smallest absolute Gasteiger partial charge is 0.221 e. The molecule has 1 aromatic heterocycles. The molecule has 1 N–H and O–H groups in total. The second-order valence-corrected chi connectivity index (χ2v) is 6.68. The topological polar surface area (TPSA) is 64.0 Å². The number of aromatic nitrogens is 2. The first-order chi connectivity index (χ1) is 11.8. The highest BCUT2D eigenvalue weighted by Gasteiger charge is 2.12. The molecule has 0 unspecified atom stereocenters. The number of carbonyl (C=O) groups is 2. The summed E-state index contributed by atoms with van der Waals surface area (Å²) in [6.07, 6.45) is 3.16. The zero-order valence-corrected chi connectivity index (χ0v) is 15.6. The van der Waals surface area contributed by atoms with Gasteiger partial charge < -0.3 is 5.32 Å². The molecule has 1 aromatic carbocycles. The van der Waals surface area contributed by atoms with Crippen molar-refractivity contribution in [2.45, 2.75) is 34.2 Å². The average molecular weight is 360 g/mol. The van der Waals surface area contributed by atoms with E-state index in [0.717, 1.165) is 17.8 Å². The van der Waals surface area contributed by atoms with Crippen LogP contribution in [0.3, 0.4) is 0 Å². The van der Waals surface area contributed by atoms with Crippen LogP contribution in [0.1, 0.15) is 42.4 Å². The van der Waals surface area contributed by atoms with Gasteiger partial charge in [0.25, 0.3) is 0 Å². The van der Waals surface area contributed by atoms with Crippen molar-refractivity contribution in [2.24, 2.45) is 5.92 Å². The molecule has 0 aliphatic heterocycles. The van der Waals surface area contributed by atoms with E-state index in [9.17, 15) is 9.59 Å². The van der Waals surface area contributed by atoms with Crippen molar-refractivity contribution < 1.29 is 9.59 Å². The molecule has 0 fully saturated rings. The van der Waals surface area contributed by atoms with E-state index in [-0.39, 0.29) is 11.7 Å². The molecule has 1 amide bonds. The second-order valence-electron chi connectivity index (χ2n) is 6.33. The Bertz CT molecular complexity index is 822. The molecule has 2 aromatic rings. The highest BCUT2D eigenvalue weighted by atomic mass is 35.5. The lowest BCUT2D eigenvalue weighted by molar-refractivity contribution is -0.114. The van der Waals surface area contributed by atoms with Gasteiger partial charge in [0.15, 0.2) is 5.78 Å². The molecule has 0 saturated carbocycles. The van der Waals surface area contributed by atoms with Crippen LogP contribution in [-0.4, -0.2) is 21.5 Å². The SMILES string of the molecule is CC(=O)Nc1cccc(C(=O)/C=C/c2c(C)nn(CC(C)C)c2Cl)c1. The summed E-state index contributed by atoms with van der Waals surface area (Å²) in [6, 6.07) is 6.81. The molecule has 25 heavy (non-hydrogen) atoms. The zero-order valence-electron chi connectivity index (χ0n) is 14.8. The first-order valence-corrected chi connectivity index (χ1v) is 8.48. The third-order valence-corrected chi connectivity index (χ3v) is 3.91. The van der Waals surface area contributed by atoms with Crippen LogP contribution in [-0.2, 0) is 11.3 Å². The molecule has 0 aliphatic rings. The Hall–Kier alpha value is -2.40. The predicted molar refractivity (Wildman–Crippen MR) is 101 cm³/mol. The minimum atomic E-state index is -0.180. The number of benzene rings is 1. The van der Waals surface area contributed by atoms with Crippen LogP contribution in [0.2, 0.25) is 5.15 Å². The normalized spacial score (nSPS) is 11.3. The fraction of sp³-hybridized carbons (Fsp3) is 0.316. The third-order valence-electron chi connectivity index (χ3n) is 3.52. The maximum atomic E-state index is 12.4. The second kappa shape index (κ2) is 8.12. The molecule has 0 bridgehead atoms. The van der Waals surface area contributed by atoms with E-state index < -0.39 is 0 Å². The Morgan fingerprint density at radius 1 is 1.36 bits per heavy atom. The number of nitrogens with one attached hydrogen (secondary N) is 1. The molecule has 2 rings (SSSR count). The number of hydrogen-bond acceptors (Lipinski definition) is 3.